The van der Waals surface area contributed by atoms with Gasteiger partial charge in [-0.05, 0) is 47.5 Å². The zero-order valence-electron chi connectivity index (χ0n) is 16.0. The number of carbonyl (C=O) groups is 2. The first kappa shape index (κ1) is 24.6. The molecular weight excluding hydrogens is 475 g/mol. The topological polar surface area (TPSA) is 113 Å². The zero-order valence-corrected chi connectivity index (χ0v) is 19.2. The van der Waals surface area contributed by atoms with E-state index in [-0.39, 0.29) is 14.9 Å². The summed E-state index contributed by atoms with van der Waals surface area (Å²) in [4.78, 5) is 25.6. The number of thiophene rings is 1. The number of nitrogens with zero attached hydrogens (tertiary/aromatic N) is 1. The maximum Gasteiger partial charge on any atom is 0.327 e. The summed E-state index contributed by atoms with van der Waals surface area (Å²) in [6.07, 6.45) is -1.42. The van der Waals surface area contributed by atoms with Crippen LogP contribution in [0.25, 0.3) is 0 Å². The Morgan fingerprint density at radius 1 is 1.27 bits per heavy atom. The average molecular weight is 495 g/mol. The summed E-state index contributed by atoms with van der Waals surface area (Å²) < 4.78 is 32.1. The largest absolute Gasteiger partial charge is 0.454 e. The Hall–Kier alpha value is -1.69. The number of nitrogens with one attached hydrogen (secondary N) is 1. The minimum absolute atomic E-state index is 0.00923. The van der Waals surface area contributed by atoms with E-state index in [0.717, 1.165) is 11.6 Å². The number of hydrogen-bond donors (Lipinski definition) is 2. The maximum absolute atomic E-state index is 12.5. The molecule has 0 aliphatic heterocycles. The highest BCUT2D eigenvalue weighted by Gasteiger charge is 2.31. The maximum atomic E-state index is 12.5. The van der Waals surface area contributed by atoms with Gasteiger partial charge in [-0.2, -0.15) is 16.1 Å². The molecule has 0 fully saturated rings. The first-order valence-corrected chi connectivity index (χ1v) is 11.8. The lowest BCUT2D eigenvalue weighted by Gasteiger charge is -2.21. The predicted molar refractivity (Wildman–Crippen MR) is 114 cm³/mol. The molecule has 0 radical (unpaired) electrons. The first-order chi connectivity index (χ1) is 14.0. The van der Waals surface area contributed by atoms with Gasteiger partial charge < -0.3 is 14.7 Å². The van der Waals surface area contributed by atoms with Crippen molar-refractivity contribution in [3.05, 3.63) is 50.6 Å². The third-order valence-corrected chi connectivity index (χ3v) is 6.89. The van der Waals surface area contributed by atoms with Gasteiger partial charge in [0.1, 0.15) is 6.04 Å². The molecule has 0 saturated heterocycles. The van der Waals surface area contributed by atoms with Crippen LogP contribution < -0.4 is 4.72 Å². The SMILES string of the molecule is C[C@H](O)[C@@H](NS(=O)(=O)c1ccc(Cl)c(Cl)c1)C(=O)OCC(=O)N(C)Cc1ccsc1. The van der Waals surface area contributed by atoms with E-state index in [4.69, 9.17) is 27.9 Å². The van der Waals surface area contributed by atoms with Crippen molar-refractivity contribution in [1.82, 2.24) is 9.62 Å². The van der Waals surface area contributed by atoms with Crippen LogP contribution in [-0.2, 0) is 30.9 Å². The molecule has 1 aromatic heterocycles. The molecule has 0 aliphatic rings. The second-order valence-electron chi connectivity index (χ2n) is 6.40. The molecule has 12 heteroatoms. The summed E-state index contributed by atoms with van der Waals surface area (Å²) >= 11 is 13.1. The normalized spacial score (nSPS) is 13.5. The van der Waals surface area contributed by atoms with Crippen molar-refractivity contribution < 1.29 is 27.9 Å². The number of carbonyl (C=O) groups excluding carboxylic acids is 2. The van der Waals surface area contributed by atoms with E-state index >= 15 is 0 Å². The molecule has 1 heterocycles. The smallest absolute Gasteiger partial charge is 0.327 e. The van der Waals surface area contributed by atoms with Crippen LogP contribution in [0.4, 0.5) is 0 Å². The van der Waals surface area contributed by atoms with Gasteiger partial charge in [0.15, 0.2) is 6.61 Å². The average Bonchev–Trinajstić information content (AvgIpc) is 3.18. The number of benzene rings is 1. The summed E-state index contributed by atoms with van der Waals surface area (Å²) in [7, 11) is -2.68. The summed E-state index contributed by atoms with van der Waals surface area (Å²) in [5.74, 6) is -1.57. The van der Waals surface area contributed by atoms with Gasteiger partial charge in [0.25, 0.3) is 5.91 Å². The molecule has 0 bridgehead atoms. The number of aliphatic hydroxyl groups excluding tert-OH is 1. The number of esters is 1. The van der Waals surface area contributed by atoms with Crippen LogP contribution in [0.3, 0.4) is 0 Å². The lowest BCUT2D eigenvalue weighted by Crippen LogP contribution is -2.49. The van der Waals surface area contributed by atoms with Crippen molar-refractivity contribution in [3.63, 3.8) is 0 Å². The number of likely N-dealkylation sites (N-methyl/N-ethyl adjacent to an activating group) is 1. The van der Waals surface area contributed by atoms with Crippen LogP contribution in [0.15, 0.2) is 39.9 Å². The number of halogens is 2. The molecule has 30 heavy (non-hydrogen) atoms. The molecule has 2 atom stereocenters. The predicted octanol–water partition coefficient (Wildman–Crippen LogP) is 2.28. The zero-order chi connectivity index (χ0) is 22.5. The third kappa shape index (κ3) is 6.66. The van der Waals surface area contributed by atoms with Gasteiger partial charge in [-0.15, -0.1) is 0 Å². The van der Waals surface area contributed by atoms with E-state index in [1.54, 1.807) is 7.05 Å². The fourth-order valence-electron chi connectivity index (χ4n) is 2.30. The van der Waals surface area contributed by atoms with Crippen molar-refractivity contribution in [3.8, 4) is 0 Å². The Kier molecular flexibility index (Phi) is 8.65. The molecule has 0 spiro atoms. The number of sulfonamides is 1. The lowest BCUT2D eigenvalue weighted by atomic mass is 10.2. The number of ether oxygens (including phenoxy) is 1. The minimum Gasteiger partial charge on any atom is -0.454 e. The molecule has 0 saturated carbocycles. The van der Waals surface area contributed by atoms with Crippen molar-refractivity contribution >= 4 is 56.4 Å². The first-order valence-electron chi connectivity index (χ1n) is 8.58. The Labute approximate surface area is 188 Å². The molecule has 2 rings (SSSR count). The van der Waals surface area contributed by atoms with Crippen LogP contribution in [0.5, 0.6) is 0 Å². The molecule has 164 valence electrons. The molecule has 2 N–H and O–H groups in total. The Bertz CT molecular complexity index is 996. The lowest BCUT2D eigenvalue weighted by molar-refractivity contribution is -0.155. The van der Waals surface area contributed by atoms with Gasteiger partial charge in [0, 0.05) is 13.6 Å². The van der Waals surface area contributed by atoms with Gasteiger partial charge >= 0.3 is 5.97 Å². The van der Waals surface area contributed by atoms with E-state index in [9.17, 15) is 23.1 Å². The van der Waals surface area contributed by atoms with E-state index in [0.29, 0.717) is 6.54 Å². The van der Waals surface area contributed by atoms with Crippen molar-refractivity contribution in [2.24, 2.45) is 0 Å². The highest BCUT2D eigenvalue weighted by Crippen LogP contribution is 2.25. The molecule has 2 aromatic rings. The highest BCUT2D eigenvalue weighted by atomic mass is 35.5. The number of aliphatic hydroxyl groups is 1. The fraction of sp³-hybridized carbons (Fsp3) is 0.333. The van der Waals surface area contributed by atoms with Gasteiger partial charge in [-0.3, -0.25) is 9.59 Å². The van der Waals surface area contributed by atoms with Crippen LogP contribution in [-0.4, -0.2) is 56.1 Å². The quantitative estimate of drug-likeness (QED) is 0.517. The Morgan fingerprint density at radius 3 is 2.53 bits per heavy atom. The number of amides is 1. The van der Waals surface area contributed by atoms with Crippen LogP contribution in [0.1, 0.15) is 12.5 Å². The second-order valence-corrected chi connectivity index (χ2v) is 9.71. The van der Waals surface area contributed by atoms with Crippen LogP contribution in [0, 0.1) is 0 Å². The summed E-state index contributed by atoms with van der Waals surface area (Å²) in [5, 5.41) is 13.8. The standard InChI is InChI=1S/C18H20Cl2N2O6S2/c1-11(23)17(21-30(26,27)13-3-4-14(19)15(20)7-13)18(25)28-9-16(24)22(2)8-12-5-6-29-10-12/h3-7,10-11,17,21,23H,8-9H2,1-2H3/t11-,17+/m0/s1. The summed E-state index contributed by atoms with van der Waals surface area (Å²) in [6, 6.07) is 3.83. The number of rotatable bonds is 9. The Morgan fingerprint density at radius 2 is 1.97 bits per heavy atom. The highest BCUT2D eigenvalue weighted by molar-refractivity contribution is 7.89. The van der Waals surface area contributed by atoms with Crippen molar-refractivity contribution in [2.45, 2.75) is 30.5 Å². The fourth-order valence-corrected chi connectivity index (χ4v) is 4.61. The van der Waals surface area contributed by atoms with Gasteiger partial charge in [0.2, 0.25) is 10.0 Å². The van der Waals surface area contributed by atoms with Crippen LogP contribution in [0.2, 0.25) is 10.0 Å². The van der Waals surface area contributed by atoms with E-state index < -0.39 is 40.7 Å². The van der Waals surface area contributed by atoms with Crippen molar-refractivity contribution in [1.29, 1.82) is 0 Å². The summed E-state index contributed by atoms with van der Waals surface area (Å²) in [6.45, 7) is 0.953. The molecule has 1 amide bonds. The minimum atomic E-state index is -4.23. The van der Waals surface area contributed by atoms with Crippen LogP contribution >= 0.6 is 34.5 Å². The van der Waals surface area contributed by atoms with E-state index in [1.807, 2.05) is 16.8 Å². The number of hydrogen-bond acceptors (Lipinski definition) is 7. The monoisotopic (exact) mass is 494 g/mol. The molecule has 0 aliphatic carbocycles. The third-order valence-electron chi connectivity index (χ3n) is 3.98. The van der Waals surface area contributed by atoms with Crippen molar-refractivity contribution in [2.75, 3.05) is 13.7 Å². The van der Waals surface area contributed by atoms with Gasteiger partial charge in [-0.25, -0.2) is 8.42 Å². The Balaban J connectivity index is 2.01. The molecular formula is C18H20Cl2N2O6S2. The molecule has 1 aromatic carbocycles. The summed E-state index contributed by atoms with van der Waals surface area (Å²) in [5.41, 5.74) is 0.929. The molecule has 8 nitrogen and oxygen atoms in total. The van der Waals surface area contributed by atoms with E-state index in [2.05, 4.69) is 4.72 Å². The molecule has 0 unspecified atom stereocenters. The van der Waals surface area contributed by atoms with Gasteiger partial charge in [-0.1, -0.05) is 23.2 Å². The van der Waals surface area contributed by atoms with E-state index in [1.165, 1.54) is 35.3 Å². The van der Waals surface area contributed by atoms with Gasteiger partial charge in [0.05, 0.1) is 21.0 Å². The second kappa shape index (κ2) is 10.6.